The molecule has 4 aliphatic carbocycles. The minimum absolute atomic E-state index is 0.504. The lowest BCUT2D eigenvalue weighted by molar-refractivity contribution is -0.0497. The molecule has 0 aliphatic heterocycles. The van der Waals surface area contributed by atoms with Crippen molar-refractivity contribution in [2.45, 2.75) is 110 Å². The average Bonchev–Trinajstić information content (AvgIpc) is 2.99. The van der Waals surface area contributed by atoms with Gasteiger partial charge in [0, 0.05) is 5.25 Å². The summed E-state index contributed by atoms with van der Waals surface area (Å²) in [7, 11) is 0. The summed E-state index contributed by atoms with van der Waals surface area (Å²) in [5.74, 6) is 5.70. The second-order valence-corrected chi connectivity index (χ2v) is 12.9. The Bertz CT molecular complexity index is 591. The van der Waals surface area contributed by atoms with Crippen LogP contribution in [0.5, 0.6) is 0 Å². The van der Waals surface area contributed by atoms with Crippen molar-refractivity contribution >= 4 is 12.6 Å². The molecule has 0 radical (unpaired) electrons. The van der Waals surface area contributed by atoms with E-state index < -0.39 is 0 Å². The Morgan fingerprint density at radius 1 is 1.00 bits per heavy atom. The summed E-state index contributed by atoms with van der Waals surface area (Å²) in [5.41, 5.74) is 2.92. The number of hydrogen-bond acceptors (Lipinski definition) is 1. The molecule has 1 heteroatoms. The van der Waals surface area contributed by atoms with E-state index in [0.717, 1.165) is 35.5 Å². The summed E-state index contributed by atoms with van der Waals surface area (Å²) in [6, 6.07) is 0. The molecular formula is C27H46S. The highest BCUT2D eigenvalue weighted by atomic mass is 32.1. The first kappa shape index (κ1) is 21.3. The van der Waals surface area contributed by atoms with Crippen LogP contribution in [0, 0.1) is 46.3 Å². The van der Waals surface area contributed by atoms with Crippen molar-refractivity contribution in [2.75, 3.05) is 0 Å². The van der Waals surface area contributed by atoms with E-state index in [1.54, 1.807) is 5.57 Å². The second-order valence-electron chi connectivity index (χ2n) is 12.2. The molecule has 4 aliphatic rings. The van der Waals surface area contributed by atoms with Gasteiger partial charge in [-0.2, -0.15) is 12.6 Å². The maximum absolute atomic E-state index is 4.84. The SMILES string of the molecule is CC(C)CCCC(C)C1CCC2C3CC=C4CC(S)CCC4(C)C3CC[C@]12C. The first-order valence-electron chi connectivity index (χ1n) is 12.6. The lowest BCUT2D eigenvalue weighted by atomic mass is 9.47. The summed E-state index contributed by atoms with van der Waals surface area (Å²) in [6.45, 7) is 12.7. The average molecular weight is 403 g/mol. The van der Waals surface area contributed by atoms with Gasteiger partial charge in [-0.3, -0.25) is 0 Å². The normalized spacial score (nSPS) is 46.5. The monoisotopic (exact) mass is 402 g/mol. The molecule has 0 aromatic rings. The van der Waals surface area contributed by atoms with Crippen molar-refractivity contribution in [2.24, 2.45) is 46.3 Å². The highest BCUT2D eigenvalue weighted by Gasteiger charge is 2.58. The van der Waals surface area contributed by atoms with Gasteiger partial charge >= 0.3 is 0 Å². The molecule has 8 atom stereocenters. The van der Waals surface area contributed by atoms with Crippen LogP contribution in [-0.4, -0.2) is 5.25 Å². The quantitative estimate of drug-likeness (QED) is 0.347. The Morgan fingerprint density at radius 3 is 2.54 bits per heavy atom. The van der Waals surface area contributed by atoms with Crippen LogP contribution < -0.4 is 0 Å². The van der Waals surface area contributed by atoms with E-state index >= 15 is 0 Å². The Morgan fingerprint density at radius 2 is 1.79 bits per heavy atom. The summed E-state index contributed by atoms with van der Waals surface area (Å²) in [4.78, 5) is 0. The van der Waals surface area contributed by atoms with Gasteiger partial charge in [0.15, 0.2) is 0 Å². The Balaban J connectivity index is 1.49. The van der Waals surface area contributed by atoms with Crippen LogP contribution in [-0.2, 0) is 0 Å². The molecule has 4 rings (SSSR count). The molecule has 28 heavy (non-hydrogen) atoms. The number of rotatable bonds is 5. The van der Waals surface area contributed by atoms with Crippen molar-refractivity contribution in [1.29, 1.82) is 0 Å². The van der Waals surface area contributed by atoms with Gasteiger partial charge in [-0.25, -0.2) is 0 Å². The largest absolute Gasteiger partial charge is 0.176 e. The highest BCUT2D eigenvalue weighted by Crippen LogP contribution is 2.67. The topological polar surface area (TPSA) is 0 Å². The predicted molar refractivity (Wildman–Crippen MR) is 126 cm³/mol. The molecule has 160 valence electrons. The van der Waals surface area contributed by atoms with E-state index in [4.69, 9.17) is 12.6 Å². The molecule has 3 fully saturated rings. The van der Waals surface area contributed by atoms with Gasteiger partial charge in [0.1, 0.15) is 0 Å². The van der Waals surface area contributed by atoms with Gasteiger partial charge in [0.05, 0.1) is 0 Å². The van der Waals surface area contributed by atoms with Crippen LogP contribution in [0.1, 0.15) is 105 Å². The Hall–Kier alpha value is 0.0900. The van der Waals surface area contributed by atoms with Crippen LogP contribution in [0.25, 0.3) is 0 Å². The van der Waals surface area contributed by atoms with E-state index in [-0.39, 0.29) is 0 Å². The van der Waals surface area contributed by atoms with Crippen molar-refractivity contribution < 1.29 is 0 Å². The summed E-state index contributed by atoms with van der Waals surface area (Å²) in [6.07, 6.45) is 18.4. The van der Waals surface area contributed by atoms with Crippen molar-refractivity contribution in [1.82, 2.24) is 0 Å². The van der Waals surface area contributed by atoms with Crippen molar-refractivity contribution in [3.05, 3.63) is 11.6 Å². The van der Waals surface area contributed by atoms with E-state index in [2.05, 4.69) is 40.7 Å². The predicted octanol–water partition coefficient (Wildman–Crippen LogP) is 8.33. The lowest BCUT2D eigenvalue weighted by Crippen LogP contribution is -2.50. The third-order valence-electron chi connectivity index (χ3n) is 10.3. The molecule has 7 unspecified atom stereocenters. The van der Waals surface area contributed by atoms with Gasteiger partial charge in [-0.1, -0.05) is 65.5 Å². The van der Waals surface area contributed by atoms with E-state index in [0.29, 0.717) is 16.1 Å². The minimum atomic E-state index is 0.504. The van der Waals surface area contributed by atoms with Crippen LogP contribution >= 0.6 is 12.6 Å². The summed E-state index contributed by atoms with van der Waals surface area (Å²) in [5, 5.41) is 0.618. The smallest absolute Gasteiger partial charge is 0.00545 e. The van der Waals surface area contributed by atoms with E-state index in [1.165, 1.54) is 70.6 Å². The maximum atomic E-state index is 4.84. The van der Waals surface area contributed by atoms with Crippen LogP contribution in [0.3, 0.4) is 0 Å². The molecule has 0 heterocycles. The highest BCUT2D eigenvalue weighted by molar-refractivity contribution is 7.80. The van der Waals surface area contributed by atoms with Gasteiger partial charge < -0.3 is 0 Å². The molecule has 0 amide bonds. The number of thiol groups is 1. The van der Waals surface area contributed by atoms with Crippen LogP contribution in [0.15, 0.2) is 11.6 Å². The zero-order valence-electron chi connectivity index (χ0n) is 19.3. The zero-order valence-corrected chi connectivity index (χ0v) is 20.2. The number of hydrogen-bond donors (Lipinski definition) is 1. The second kappa shape index (κ2) is 7.97. The summed E-state index contributed by atoms with van der Waals surface area (Å²) < 4.78 is 0. The maximum Gasteiger partial charge on any atom is 0.00545 e. The fourth-order valence-corrected chi connectivity index (χ4v) is 8.99. The van der Waals surface area contributed by atoms with Crippen LogP contribution in [0.2, 0.25) is 0 Å². The number of fused-ring (bicyclic) bond motifs is 5. The molecule has 0 aromatic carbocycles. The molecule has 0 N–H and O–H groups in total. The third kappa shape index (κ3) is 3.54. The standard InChI is InChI=1S/C27H46S/c1-18(2)7-6-8-19(3)23-11-12-24-22-10-9-20-17-21(28)13-15-26(20,4)25(22)14-16-27(23,24)5/h9,18-19,21-25,28H,6-8,10-17H2,1-5H3/t19?,21?,22?,23?,24?,25?,26?,27-/m1/s1. The lowest BCUT2D eigenvalue weighted by Gasteiger charge is -2.58. The molecule has 3 saturated carbocycles. The molecule has 0 nitrogen and oxygen atoms in total. The van der Waals surface area contributed by atoms with Gasteiger partial charge in [0.2, 0.25) is 0 Å². The van der Waals surface area contributed by atoms with Crippen LogP contribution in [0.4, 0.5) is 0 Å². The fraction of sp³-hybridized carbons (Fsp3) is 0.926. The zero-order chi connectivity index (χ0) is 20.1. The Kier molecular flexibility index (Phi) is 6.07. The molecular weight excluding hydrogens is 356 g/mol. The fourth-order valence-electron chi connectivity index (χ4n) is 8.67. The molecule has 0 saturated heterocycles. The van der Waals surface area contributed by atoms with Gasteiger partial charge in [-0.05, 0) is 97.7 Å². The van der Waals surface area contributed by atoms with Gasteiger partial charge in [-0.15, -0.1) is 0 Å². The molecule has 0 bridgehead atoms. The number of allylic oxidation sites excluding steroid dienone is 2. The van der Waals surface area contributed by atoms with E-state index in [1.807, 2.05) is 0 Å². The van der Waals surface area contributed by atoms with Crippen molar-refractivity contribution in [3.8, 4) is 0 Å². The molecule has 0 spiro atoms. The van der Waals surface area contributed by atoms with Crippen molar-refractivity contribution in [3.63, 3.8) is 0 Å². The Labute approximate surface area is 181 Å². The minimum Gasteiger partial charge on any atom is -0.176 e. The first-order chi connectivity index (χ1) is 13.3. The third-order valence-corrected chi connectivity index (χ3v) is 10.7. The van der Waals surface area contributed by atoms with Gasteiger partial charge in [0.25, 0.3) is 0 Å². The summed E-state index contributed by atoms with van der Waals surface area (Å²) >= 11 is 4.84. The first-order valence-corrected chi connectivity index (χ1v) is 13.1. The van der Waals surface area contributed by atoms with E-state index in [9.17, 15) is 0 Å². The molecule has 0 aromatic heterocycles.